The molecule has 0 aliphatic heterocycles. The highest BCUT2D eigenvalue weighted by atomic mass is 32.2. The molecule has 1 atom stereocenters. The number of nitrogens with two attached hydrogens (primary N) is 1. The van der Waals surface area contributed by atoms with E-state index in [9.17, 15) is 8.42 Å². The molecule has 4 nitrogen and oxygen atoms in total. The quantitative estimate of drug-likeness (QED) is 0.878. The van der Waals surface area contributed by atoms with Crippen molar-refractivity contribution < 1.29 is 8.42 Å². The summed E-state index contributed by atoms with van der Waals surface area (Å²) >= 11 is 0. The fourth-order valence-corrected chi connectivity index (χ4v) is 4.19. The lowest BCUT2D eigenvalue weighted by Crippen LogP contribution is -2.27. The Bertz CT molecular complexity index is 619. The van der Waals surface area contributed by atoms with Crippen LogP contribution in [-0.2, 0) is 10.0 Å². The predicted octanol–water partition coefficient (Wildman–Crippen LogP) is 2.67. The van der Waals surface area contributed by atoms with Gasteiger partial charge in [-0.1, -0.05) is 39.8 Å². The molecule has 1 aromatic rings. The summed E-state index contributed by atoms with van der Waals surface area (Å²) in [6.07, 6.45) is 0. The summed E-state index contributed by atoms with van der Waals surface area (Å²) in [5.41, 5.74) is 6.98. The molecule has 1 aromatic carbocycles. The maximum Gasteiger partial charge on any atom is 0.240 e. The van der Waals surface area contributed by atoms with Gasteiger partial charge in [-0.25, -0.2) is 13.1 Å². The average Bonchev–Trinajstić information content (AvgIpc) is 2.77. The SMILES string of the molecule is CC(N)c1cccc(S(=O)(=O)NCC2C(C)(C)C2(C)C)c1. The number of hydrogen-bond acceptors (Lipinski definition) is 3. The molecule has 5 heteroatoms. The highest BCUT2D eigenvalue weighted by Crippen LogP contribution is 2.67. The lowest BCUT2D eigenvalue weighted by atomic mass is 10.0. The van der Waals surface area contributed by atoms with Gasteiger partial charge < -0.3 is 5.73 Å². The Kier molecular flexibility index (Phi) is 3.98. The van der Waals surface area contributed by atoms with E-state index in [0.717, 1.165) is 5.56 Å². The largest absolute Gasteiger partial charge is 0.324 e. The van der Waals surface area contributed by atoms with Gasteiger partial charge in [0.25, 0.3) is 0 Å². The fraction of sp³-hybridized carbons (Fsp3) is 0.625. The number of nitrogens with one attached hydrogen (secondary N) is 1. The number of sulfonamides is 1. The molecule has 1 aliphatic rings. The fourth-order valence-electron chi connectivity index (χ4n) is 3.08. The van der Waals surface area contributed by atoms with Crippen molar-refractivity contribution in [3.8, 4) is 0 Å². The Morgan fingerprint density at radius 1 is 1.24 bits per heavy atom. The molecule has 0 spiro atoms. The normalized spacial score (nSPS) is 22.0. The summed E-state index contributed by atoms with van der Waals surface area (Å²) in [6.45, 7) is 11.1. The molecule has 2 rings (SSSR count). The third-order valence-corrected chi connectivity index (χ3v) is 6.91. The van der Waals surface area contributed by atoms with Crippen LogP contribution in [-0.4, -0.2) is 15.0 Å². The van der Waals surface area contributed by atoms with Crippen LogP contribution in [0.4, 0.5) is 0 Å². The first kappa shape index (κ1) is 16.5. The molecular weight excluding hydrogens is 284 g/mol. The zero-order chi connectivity index (χ0) is 16.1. The molecule has 0 heterocycles. The van der Waals surface area contributed by atoms with E-state index in [1.807, 2.05) is 13.0 Å². The van der Waals surface area contributed by atoms with Crippen molar-refractivity contribution in [1.29, 1.82) is 0 Å². The molecule has 0 saturated heterocycles. The summed E-state index contributed by atoms with van der Waals surface area (Å²) in [7, 11) is -3.48. The first-order valence-corrected chi connectivity index (χ1v) is 8.83. The van der Waals surface area contributed by atoms with Gasteiger partial charge in [-0.2, -0.15) is 0 Å². The highest BCUT2D eigenvalue weighted by molar-refractivity contribution is 7.89. The standard InChI is InChI=1S/C16H26N2O2S/c1-11(17)12-7-6-8-13(9-12)21(19,20)18-10-14-15(2,3)16(14,4)5/h6-9,11,14,18H,10,17H2,1-5H3. The van der Waals surface area contributed by atoms with Gasteiger partial charge in [0.05, 0.1) is 4.90 Å². The number of benzene rings is 1. The molecule has 1 saturated carbocycles. The average molecular weight is 310 g/mol. The zero-order valence-corrected chi connectivity index (χ0v) is 14.3. The van der Waals surface area contributed by atoms with E-state index < -0.39 is 10.0 Å². The van der Waals surface area contributed by atoms with E-state index in [0.29, 0.717) is 12.5 Å². The Balaban J connectivity index is 2.12. The summed E-state index contributed by atoms with van der Waals surface area (Å²) in [5, 5.41) is 0. The molecule has 118 valence electrons. The van der Waals surface area contributed by atoms with Crippen molar-refractivity contribution in [2.75, 3.05) is 6.54 Å². The minimum atomic E-state index is -3.48. The van der Waals surface area contributed by atoms with E-state index >= 15 is 0 Å². The van der Waals surface area contributed by atoms with Gasteiger partial charge in [0.2, 0.25) is 10.0 Å². The summed E-state index contributed by atoms with van der Waals surface area (Å²) in [5.74, 6) is 0.358. The smallest absolute Gasteiger partial charge is 0.240 e. The van der Waals surface area contributed by atoms with Crippen LogP contribution in [0, 0.1) is 16.7 Å². The van der Waals surface area contributed by atoms with Crippen LogP contribution in [0.3, 0.4) is 0 Å². The molecule has 0 radical (unpaired) electrons. The number of hydrogen-bond donors (Lipinski definition) is 2. The lowest BCUT2D eigenvalue weighted by molar-refractivity contribution is 0.457. The first-order valence-electron chi connectivity index (χ1n) is 7.35. The highest BCUT2D eigenvalue weighted by Gasteiger charge is 2.64. The van der Waals surface area contributed by atoms with Crippen molar-refractivity contribution in [1.82, 2.24) is 4.72 Å². The molecule has 0 bridgehead atoms. The van der Waals surface area contributed by atoms with Gasteiger partial charge >= 0.3 is 0 Å². The van der Waals surface area contributed by atoms with Crippen molar-refractivity contribution in [2.24, 2.45) is 22.5 Å². The maximum atomic E-state index is 12.4. The van der Waals surface area contributed by atoms with Gasteiger partial charge in [0.15, 0.2) is 0 Å². The minimum Gasteiger partial charge on any atom is -0.324 e. The van der Waals surface area contributed by atoms with E-state index in [1.165, 1.54) is 0 Å². The van der Waals surface area contributed by atoms with Crippen LogP contribution in [0.1, 0.15) is 46.2 Å². The van der Waals surface area contributed by atoms with Crippen molar-refractivity contribution in [3.05, 3.63) is 29.8 Å². The zero-order valence-electron chi connectivity index (χ0n) is 13.5. The van der Waals surface area contributed by atoms with Crippen molar-refractivity contribution in [3.63, 3.8) is 0 Å². The molecule has 0 aromatic heterocycles. The van der Waals surface area contributed by atoms with Crippen LogP contribution < -0.4 is 10.5 Å². The first-order chi connectivity index (χ1) is 9.50. The lowest BCUT2D eigenvalue weighted by Gasteiger charge is -2.11. The van der Waals surface area contributed by atoms with Crippen LogP contribution in [0.15, 0.2) is 29.2 Å². The van der Waals surface area contributed by atoms with Crippen LogP contribution in [0.25, 0.3) is 0 Å². The molecule has 1 fully saturated rings. The Hall–Kier alpha value is -0.910. The molecule has 21 heavy (non-hydrogen) atoms. The molecule has 0 amide bonds. The summed E-state index contributed by atoms with van der Waals surface area (Å²) in [4.78, 5) is 0.286. The van der Waals surface area contributed by atoms with Crippen LogP contribution >= 0.6 is 0 Å². The second-order valence-corrected chi connectivity index (χ2v) is 8.98. The Labute approximate surface area is 128 Å². The van der Waals surface area contributed by atoms with Gasteiger partial charge in [-0.05, 0) is 41.4 Å². The second kappa shape index (κ2) is 5.07. The third kappa shape index (κ3) is 2.87. The third-order valence-electron chi connectivity index (χ3n) is 5.49. The second-order valence-electron chi connectivity index (χ2n) is 7.21. The minimum absolute atomic E-state index is 0.170. The topological polar surface area (TPSA) is 72.2 Å². The van der Waals surface area contributed by atoms with Crippen molar-refractivity contribution in [2.45, 2.75) is 45.6 Å². The molecule has 1 aliphatic carbocycles. The molecule has 1 unspecified atom stereocenters. The maximum absolute atomic E-state index is 12.4. The monoisotopic (exact) mass is 310 g/mol. The van der Waals surface area contributed by atoms with Crippen molar-refractivity contribution >= 4 is 10.0 Å². The Morgan fingerprint density at radius 2 is 1.81 bits per heavy atom. The van der Waals surface area contributed by atoms with Gasteiger partial charge in [-0.3, -0.25) is 0 Å². The summed E-state index contributed by atoms with van der Waals surface area (Å²) < 4.78 is 27.6. The van der Waals surface area contributed by atoms with E-state index in [-0.39, 0.29) is 21.8 Å². The summed E-state index contributed by atoms with van der Waals surface area (Å²) in [6, 6.07) is 6.66. The number of rotatable bonds is 5. The molecule has 3 N–H and O–H groups in total. The van der Waals surface area contributed by atoms with Gasteiger partial charge in [0.1, 0.15) is 0 Å². The molecular formula is C16H26N2O2S. The van der Waals surface area contributed by atoms with Gasteiger partial charge in [0, 0.05) is 12.6 Å². The van der Waals surface area contributed by atoms with Gasteiger partial charge in [-0.15, -0.1) is 0 Å². The van der Waals surface area contributed by atoms with Crippen LogP contribution in [0.2, 0.25) is 0 Å². The Morgan fingerprint density at radius 3 is 2.29 bits per heavy atom. The van der Waals surface area contributed by atoms with E-state index in [2.05, 4.69) is 32.4 Å². The van der Waals surface area contributed by atoms with E-state index in [1.54, 1.807) is 18.2 Å². The van der Waals surface area contributed by atoms with E-state index in [4.69, 9.17) is 5.73 Å². The van der Waals surface area contributed by atoms with Crippen LogP contribution in [0.5, 0.6) is 0 Å². The predicted molar refractivity (Wildman–Crippen MR) is 85.3 cm³/mol.